The maximum absolute atomic E-state index is 12.0. The van der Waals surface area contributed by atoms with Crippen LogP contribution in [0.3, 0.4) is 0 Å². The first kappa shape index (κ1) is 17.3. The molecule has 7 heteroatoms. The molecule has 0 spiro atoms. The van der Waals surface area contributed by atoms with E-state index in [1.54, 1.807) is 51.5 Å². The standard InChI is InChI=1S/C17H20N4O3/c1-5-8-18-16(22)14-9-11(2)19-17(21-14)20-13-7-6-12(23-3)10-15(13)24-4/h5-7,9-10H,1,8H2,2-4H3,(H,18,22)(H,19,20,21). The molecule has 2 N–H and O–H groups in total. The topological polar surface area (TPSA) is 85.4 Å². The van der Waals surface area contributed by atoms with Crippen LogP contribution >= 0.6 is 0 Å². The number of amides is 1. The number of aryl methyl sites for hydroxylation is 1. The molecular formula is C17H20N4O3. The number of ether oxygens (including phenoxy) is 2. The molecule has 2 aromatic rings. The average molecular weight is 328 g/mol. The number of anilines is 2. The Hall–Kier alpha value is -3.09. The van der Waals surface area contributed by atoms with Crippen LogP contribution in [0.25, 0.3) is 0 Å². The zero-order valence-corrected chi connectivity index (χ0v) is 13.9. The number of carbonyl (C=O) groups is 1. The highest BCUT2D eigenvalue weighted by molar-refractivity contribution is 5.92. The van der Waals surface area contributed by atoms with Crippen LogP contribution in [0.2, 0.25) is 0 Å². The second-order valence-corrected chi connectivity index (χ2v) is 4.91. The van der Waals surface area contributed by atoms with Gasteiger partial charge in [-0.25, -0.2) is 9.97 Å². The Labute approximate surface area is 140 Å². The molecule has 24 heavy (non-hydrogen) atoms. The Morgan fingerprint density at radius 2 is 2.04 bits per heavy atom. The highest BCUT2D eigenvalue weighted by atomic mass is 16.5. The number of carbonyl (C=O) groups excluding carboxylic acids is 1. The summed E-state index contributed by atoms with van der Waals surface area (Å²) in [6.07, 6.45) is 1.60. The summed E-state index contributed by atoms with van der Waals surface area (Å²) in [6.45, 7) is 5.73. The number of benzene rings is 1. The van der Waals surface area contributed by atoms with Crippen molar-refractivity contribution in [3.8, 4) is 11.5 Å². The number of aromatic nitrogens is 2. The Balaban J connectivity index is 2.28. The quantitative estimate of drug-likeness (QED) is 0.760. The third-order valence-corrected chi connectivity index (χ3v) is 3.15. The molecule has 126 valence electrons. The summed E-state index contributed by atoms with van der Waals surface area (Å²) in [5, 5.41) is 5.75. The molecule has 0 bridgehead atoms. The molecule has 0 saturated heterocycles. The second kappa shape index (κ2) is 7.96. The van der Waals surface area contributed by atoms with E-state index in [9.17, 15) is 4.79 Å². The Kier molecular flexibility index (Phi) is 5.73. The smallest absolute Gasteiger partial charge is 0.270 e. The van der Waals surface area contributed by atoms with Crippen molar-refractivity contribution in [3.05, 3.63) is 48.3 Å². The van der Waals surface area contributed by atoms with E-state index in [1.807, 2.05) is 0 Å². The lowest BCUT2D eigenvalue weighted by Gasteiger charge is -2.12. The summed E-state index contributed by atoms with van der Waals surface area (Å²) in [4.78, 5) is 20.6. The number of rotatable bonds is 7. The second-order valence-electron chi connectivity index (χ2n) is 4.91. The van der Waals surface area contributed by atoms with Gasteiger partial charge in [0, 0.05) is 18.3 Å². The molecule has 0 saturated carbocycles. The minimum Gasteiger partial charge on any atom is -0.497 e. The number of nitrogens with zero attached hydrogens (tertiary/aromatic N) is 2. The number of nitrogens with one attached hydrogen (secondary N) is 2. The van der Waals surface area contributed by atoms with Gasteiger partial charge in [0.15, 0.2) is 0 Å². The maximum atomic E-state index is 12.0. The van der Waals surface area contributed by atoms with Gasteiger partial charge in [-0.05, 0) is 25.1 Å². The fraction of sp³-hybridized carbons (Fsp3) is 0.235. The fourth-order valence-corrected chi connectivity index (χ4v) is 2.02. The van der Waals surface area contributed by atoms with E-state index < -0.39 is 0 Å². The van der Waals surface area contributed by atoms with Crippen molar-refractivity contribution in [3.63, 3.8) is 0 Å². The van der Waals surface area contributed by atoms with Crippen LogP contribution in [0.15, 0.2) is 36.9 Å². The van der Waals surface area contributed by atoms with Crippen LogP contribution in [0.4, 0.5) is 11.6 Å². The SMILES string of the molecule is C=CCNC(=O)c1cc(C)nc(Nc2ccc(OC)cc2OC)n1. The first-order valence-corrected chi connectivity index (χ1v) is 7.31. The molecule has 0 unspecified atom stereocenters. The number of methoxy groups -OCH3 is 2. The van der Waals surface area contributed by atoms with Gasteiger partial charge < -0.3 is 20.1 Å². The van der Waals surface area contributed by atoms with Gasteiger partial charge in [-0.2, -0.15) is 0 Å². The van der Waals surface area contributed by atoms with Crippen molar-refractivity contribution >= 4 is 17.5 Å². The third kappa shape index (κ3) is 4.22. The van der Waals surface area contributed by atoms with Gasteiger partial charge in [0.2, 0.25) is 5.95 Å². The minimum absolute atomic E-state index is 0.277. The van der Waals surface area contributed by atoms with Gasteiger partial charge in [0.1, 0.15) is 17.2 Å². The van der Waals surface area contributed by atoms with Crippen LogP contribution in [-0.2, 0) is 0 Å². The molecule has 1 aromatic heterocycles. The van der Waals surface area contributed by atoms with E-state index in [-0.39, 0.29) is 11.6 Å². The number of hydrogen-bond donors (Lipinski definition) is 2. The molecule has 0 atom stereocenters. The minimum atomic E-state index is -0.287. The van der Waals surface area contributed by atoms with Gasteiger partial charge in [0.05, 0.1) is 19.9 Å². The van der Waals surface area contributed by atoms with Crippen molar-refractivity contribution < 1.29 is 14.3 Å². The van der Waals surface area contributed by atoms with Gasteiger partial charge in [-0.15, -0.1) is 6.58 Å². The van der Waals surface area contributed by atoms with E-state index in [0.29, 0.717) is 35.4 Å². The summed E-state index contributed by atoms with van der Waals surface area (Å²) in [7, 11) is 3.14. The predicted octanol–water partition coefficient (Wildman–Crippen LogP) is 2.46. The molecule has 1 heterocycles. The molecule has 1 amide bonds. The van der Waals surface area contributed by atoms with Gasteiger partial charge in [-0.1, -0.05) is 6.08 Å². The first-order valence-electron chi connectivity index (χ1n) is 7.31. The Morgan fingerprint density at radius 1 is 1.25 bits per heavy atom. The zero-order valence-electron chi connectivity index (χ0n) is 13.9. The summed E-state index contributed by atoms with van der Waals surface area (Å²) in [6, 6.07) is 6.95. The van der Waals surface area contributed by atoms with Crippen LogP contribution in [0.5, 0.6) is 11.5 Å². The Morgan fingerprint density at radius 3 is 2.71 bits per heavy atom. The number of hydrogen-bond acceptors (Lipinski definition) is 6. The molecule has 0 fully saturated rings. The highest BCUT2D eigenvalue weighted by Crippen LogP contribution is 2.30. The van der Waals surface area contributed by atoms with E-state index in [0.717, 1.165) is 0 Å². The molecule has 0 aliphatic heterocycles. The normalized spacial score (nSPS) is 9.96. The molecule has 7 nitrogen and oxygen atoms in total. The molecular weight excluding hydrogens is 308 g/mol. The zero-order chi connectivity index (χ0) is 17.5. The van der Waals surface area contributed by atoms with E-state index in [1.165, 1.54) is 0 Å². The van der Waals surface area contributed by atoms with E-state index in [4.69, 9.17) is 9.47 Å². The predicted molar refractivity (Wildman–Crippen MR) is 92.1 cm³/mol. The first-order chi connectivity index (χ1) is 11.6. The van der Waals surface area contributed by atoms with Crippen molar-refractivity contribution in [2.24, 2.45) is 0 Å². The van der Waals surface area contributed by atoms with Gasteiger partial charge in [-0.3, -0.25) is 4.79 Å². The van der Waals surface area contributed by atoms with Crippen molar-refractivity contribution in [2.45, 2.75) is 6.92 Å². The van der Waals surface area contributed by atoms with E-state index in [2.05, 4.69) is 27.2 Å². The molecule has 0 aliphatic carbocycles. The van der Waals surface area contributed by atoms with Crippen LogP contribution in [0.1, 0.15) is 16.2 Å². The maximum Gasteiger partial charge on any atom is 0.270 e. The molecule has 0 aliphatic rings. The lowest BCUT2D eigenvalue weighted by molar-refractivity contribution is 0.0953. The third-order valence-electron chi connectivity index (χ3n) is 3.15. The monoisotopic (exact) mass is 328 g/mol. The summed E-state index contributed by atoms with van der Waals surface area (Å²) < 4.78 is 10.5. The van der Waals surface area contributed by atoms with Crippen LogP contribution in [0, 0.1) is 6.92 Å². The molecule has 2 rings (SSSR count). The largest absolute Gasteiger partial charge is 0.497 e. The summed E-state index contributed by atoms with van der Waals surface area (Å²) in [5.74, 6) is 1.27. The molecule has 1 aromatic carbocycles. The van der Waals surface area contributed by atoms with Crippen molar-refractivity contribution in [1.29, 1.82) is 0 Å². The Bertz CT molecular complexity index is 747. The van der Waals surface area contributed by atoms with Crippen LogP contribution in [-0.4, -0.2) is 36.6 Å². The van der Waals surface area contributed by atoms with Crippen molar-refractivity contribution in [2.75, 3.05) is 26.1 Å². The lowest BCUT2D eigenvalue weighted by atomic mass is 10.2. The highest BCUT2D eigenvalue weighted by Gasteiger charge is 2.12. The van der Waals surface area contributed by atoms with Gasteiger partial charge >= 0.3 is 0 Å². The summed E-state index contributed by atoms with van der Waals surface area (Å²) >= 11 is 0. The van der Waals surface area contributed by atoms with Gasteiger partial charge in [0.25, 0.3) is 5.91 Å². The van der Waals surface area contributed by atoms with Crippen molar-refractivity contribution in [1.82, 2.24) is 15.3 Å². The lowest BCUT2D eigenvalue weighted by Crippen LogP contribution is -2.24. The fourth-order valence-electron chi connectivity index (χ4n) is 2.02. The van der Waals surface area contributed by atoms with Crippen LogP contribution < -0.4 is 20.1 Å². The average Bonchev–Trinajstić information content (AvgIpc) is 2.59. The van der Waals surface area contributed by atoms with E-state index >= 15 is 0 Å². The summed E-state index contributed by atoms with van der Waals surface area (Å²) in [5.41, 5.74) is 1.62. The molecule has 0 radical (unpaired) electrons.